The van der Waals surface area contributed by atoms with Gasteiger partial charge in [-0.15, -0.1) is 0 Å². The summed E-state index contributed by atoms with van der Waals surface area (Å²) in [5.41, 5.74) is 0.670. The molecule has 0 bridgehead atoms. The number of hydrogen-bond donors (Lipinski definition) is 0. The summed E-state index contributed by atoms with van der Waals surface area (Å²) < 4.78 is 32.2. The van der Waals surface area contributed by atoms with Gasteiger partial charge >= 0.3 is 0 Å². The van der Waals surface area contributed by atoms with Gasteiger partial charge in [0.25, 0.3) is 0 Å². The second kappa shape index (κ2) is 7.09. The fourth-order valence-electron chi connectivity index (χ4n) is 2.55. The minimum absolute atomic E-state index is 0.183. The summed E-state index contributed by atoms with van der Waals surface area (Å²) >= 11 is 5.88. The summed E-state index contributed by atoms with van der Waals surface area (Å²) in [6.45, 7) is 3.02. The lowest BCUT2D eigenvalue weighted by molar-refractivity contribution is 0.00950. The van der Waals surface area contributed by atoms with E-state index in [4.69, 9.17) is 16.3 Å². The third-order valence-corrected chi connectivity index (χ3v) is 6.12. The molecule has 0 radical (unpaired) electrons. The Morgan fingerprint density at radius 2 is 2.14 bits per heavy atom. The van der Waals surface area contributed by atoms with Crippen LogP contribution < -0.4 is 0 Å². The number of ether oxygens (including phenoxy) is 1. The van der Waals surface area contributed by atoms with Crippen molar-refractivity contribution in [1.82, 2.24) is 4.31 Å². The summed E-state index contributed by atoms with van der Waals surface area (Å²) in [6.07, 6.45) is 4.21. The molecule has 1 aliphatic rings. The van der Waals surface area contributed by atoms with Gasteiger partial charge < -0.3 is 4.74 Å². The fourth-order valence-corrected chi connectivity index (χ4v) is 4.17. The summed E-state index contributed by atoms with van der Waals surface area (Å²) in [6, 6.07) is 4.85. The quantitative estimate of drug-likeness (QED) is 0.832. The van der Waals surface area contributed by atoms with Crippen molar-refractivity contribution in [3.8, 4) is 0 Å². The zero-order valence-corrected chi connectivity index (χ0v) is 14.1. The van der Waals surface area contributed by atoms with E-state index >= 15 is 0 Å². The second-order valence-corrected chi connectivity index (χ2v) is 7.96. The molecule has 0 aromatic heterocycles. The van der Waals surface area contributed by atoms with Crippen LogP contribution in [0, 0.1) is 6.92 Å². The van der Waals surface area contributed by atoms with E-state index in [1.807, 2.05) is 0 Å². The highest BCUT2D eigenvalue weighted by Gasteiger charge is 2.24. The van der Waals surface area contributed by atoms with Gasteiger partial charge in [-0.1, -0.05) is 11.6 Å². The highest BCUT2D eigenvalue weighted by Crippen LogP contribution is 2.23. The molecule has 118 valence electrons. The molecule has 0 spiro atoms. The molecule has 0 N–H and O–H groups in total. The Bertz CT molecular complexity index is 583. The topological polar surface area (TPSA) is 46.6 Å². The van der Waals surface area contributed by atoms with Crippen molar-refractivity contribution in [3.63, 3.8) is 0 Å². The van der Waals surface area contributed by atoms with E-state index in [2.05, 4.69) is 0 Å². The molecule has 0 aliphatic carbocycles. The molecule has 1 aromatic rings. The molecule has 1 unspecified atom stereocenters. The van der Waals surface area contributed by atoms with Gasteiger partial charge in [0, 0.05) is 25.2 Å². The first-order valence-electron chi connectivity index (χ1n) is 7.25. The Labute approximate surface area is 132 Å². The predicted octanol–water partition coefficient (Wildman–Crippen LogP) is 3.23. The Morgan fingerprint density at radius 1 is 1.38 bits per heavy atom. The standard InChI is InChI=1S/C15H22ClNO3S/c1-12-11-13(16)6-7-15(12)21(18,19)17(2)9-8-14-5-3-4-10-20-14/h6-7,11,14H,3-5,8-10H2,1-2H3. The zero-order valence-electron chi connectivity index (χ0n) is 12.5. The normalized spacial score (nSPS) is 19.9. The van der Waals surface area contributed by atoms with Crippen LogP contribution >= 0.6 is 11.6 Å². The number of aryl methyl sites for hydroxylation is 1. The molecule has 1 atom stereocenters. The van der Waals surface area contributed by atoms with Crippen LogP contribution in [0.2, 0.25) is 5.02 Å². The van der Waals surface area contributed by atoms with Crippen LogP contribution in [0.25, 0.3) is 0 Å². The lowest BCUT2D eigenvalue weighted by Gasteiger charge is -2.25. The van der Waals surface area contributed by atoms with Crippen LogP contribution in [0.4, 0.5) is 0 Å². The molecular weight excluding hydrogens is 310 g/mol. The Morgan fingerprint density at radius 3 is 2.76 bits per heavy atom. The molecule has 1 aromatic carbocycles. The molecule has 6 heteroatoms. The number of benzene rings is 1. The van der Waals surface area contributed by atoms with Crippen LogP contribution in [0.1, 0.15) is 31.2 Å². The summed E-state index contributed by atoms with van der Waals surface area (Å²) in [4.78, 5) is 0.318. The van der Waals surface area contributed by atoms with E-state index in [-0.39, 0.29) is 6.10 Å². The van der Waals surface area contributed by atoms with E-state index in [0.29, 0.717) is 22.0 Å². The first-order valence-corrected chi connectivity index (χ1v) is 9.07. The summed E-state index contributed by atoms with van der Waals surface area (Å²) in [5, 5.41) is 0.546. The smallest absolute Gasteiger partial charge is 0.243 e. The summed E-state index contributed by atoms with van der Waals surface area (Å²) in [7, 11) is -1.85. The molecule has 1 saturated heterocycles. The minimum Gasteiger partial charge on any atom is -0.378 e. The van der Waals surface area contributed by atoms with Gasteiger partial charge in [-0.3, -0.25) is 0 Å². The van der Waals surface area contributed by atoms with Gasteiger partial charge in [-0.2, -0.15) is 0 Å². The fraction of sp³-hybridized carbons (Fsp3) is 0.600. The third-order valence-electron chi connectivity index (χ3n) is 3.87. The second-order valence-electron chi connectivity index (χ2n) is 5.51. The molecule has 1 heterocycles. The highest BCUT2D eigenvalue weighted by atomic mass is 35.5. The van der Waals surface area contributed by atoms with Gasteiger partial charge in [0.15, 0.2) is 0 Å². The lowest BCUT2D eigenvalue weighted by atomic mass is 10.1. The van der Waals surface area contributed by atoms with Gasteiger partial charge in [-0.25, -0.2) is 12.7 Å². The largest absolute Gasteiger partial charge is 0.378 e. The number of halogens is 1. The van der Waals surface area contributed by atoms with Gasteiger partial charge in [0.2, 0.25) is 10.0 Å². The van der Waals surface area contributed by atoms with Crippen molar-refractivity contribution in [2.75, 3.05) is 20.2 Å². The van der Waals surface area contributed by atoms with Crippen LogP contribution in [-0.4, -0.2) is 39.0 Å². The SMILES string of the molecule is Cc1cc(Cl)ccc1S(=O)(=O)N(C)CCC1CCCCO1. The minimum atomic E-state index is -3.47. The van der Waals surface area contributed by atoms with E-state index in [1.165, 1.54) is 4.31 Å². The van der Waals surface area contributed by atoms with Crippen molar-refractivity contribution in [2.45, 2.75) is 43.6 Å². The Kier molecular flexibility index (Phi) is 5.66. The van der Waals surface area contributed by atoms with E-state index < -0.39 is 10.0 Å². The van der Waals surface area contributed by atoms with E-state index in [0.717, 1.165) is 32.3 Å². The van der Waals surface area contributed by atoms with Crippen molar-refractivity contribution in [2.24, 2.45) is 0 Å². The number of rotatable bonds is 5. The predicted molar refractivity (Wildman–Crippen MR) is 84.2 cm³/mol. The van der Waals surface area contributed by atoms with Gasteiger partial charge in [0.05, 0.1) is 11.0 Å². The number of hydrogen-bond acceptors (Lipinski definition) is 3. The van der Waals surface area contributed by atoms with Crippen LogP contribution in [0.15, 0.2) is 23.1 Å². The maximum Gasteiger partial charge on any atom is 0.243 e. The molecular formula is C15H22ClNO3S. The first kappa shape index (κ1) is 16.7. The maximum atomic E-state index is 12.6. The summed E-state index contributed by atoms with van der Waals surface area (Å²) in [5.74, 6) is 0. The van der Waals surface area contributed by atoms with Crippen LogP contribution in [0.5, 0.6) is 0 Å². The Balaban J connectivity index is 2.04. The van der Waals surface area contributed by atoms with Crippen molar-refractivity contribution < 1.29 is 13.2 Å². The van der Waals surface area contributed by atoms with E-state index in [1.54, 1.807) is 32.2 Å². The van der Waals surface area contributed by atoms with Crippen LogP contribution in [0.3, 0.4) is 0 Å². The molecule has 0 saturated carbocycles. The average Bonchev–Trinajstić information content (AvgIpc) is 2.45. The molecule has 1 aliphatic heterocycles. The molecule has 0 amide bonds. The highest BCUT2D eigenvalue weighted by molar-refractivity contribution is 7.89. The van der Waals surface area contributed by atoms with E-state index in [9.17, 15) is 8.42 Å². The monoisotopic (exact) mass is 331 g/mol. The van der Waals surface area contributed by atoms with Gasteiger partial charge in [-0.05, 0) is 56.4 Å². The molecule has 1 fully saturated rings. The molecule has 4 nitrogen and oxygen atoms in total. The molecule has 2 rings (SSSR count). The van der Waals surface area contributed by atoms with Gasteiger partial charge in [0.1, 0.15) is 0 Å². The number of sulfonamides is 1. The molecule has 21 heavy (non-hydrogen) atoms. The lowest BCUT2D eigenvalue weighted by Crippen LogP contribution is -2.32. The van der Waals surface area contributed by atoms with Crippen LogP contribution in [-0.2, 0) is 14.8 Å². The third kappa shape index (κ3) is 4.19. The maximum absolute atomic E-state index is 12.6. The zero-order chi connectivity index (χ0) is 15.5. The first-order chi connectivity index (χ1) is 9.91. The average molecular weight is 332 g/mol. The van der Waals surface area contributed by atoms with Crippen molar-refractivity contribution in [1.29, 1.82) is 0 Å². The Hall–Kier alpha value is -0.620. The van der Waals surface area contributed by atoms with Crippen molar-refractivity contribution in [3.05, 3.63) is 28.8 Å². The number of nitrogens with zero attached hydrogens (tertiary/aromatic N) is 1. The van der Waals surface area contributed by atoms with Crippen molar-refractivity contribution >= 4 is 21.6 Å².